The molecule has 0 saturated heterocycles. The van der Waals surface area contributed by atoms with Gasteiger partial charge in [0.2, 0.25) is 0 Å². The van der Waals surface area contributed by atoms with Crippen LogP contribution in [-0.2, 0) is 0 Å². The molecule has 0 bridgehead atoms. The third-order valence-corrected chi connectivity index (χ3v) is 1.90. The zero-order chi connectivity index (χ0) is 7.56. The number of nitrogens with one attached hydrogen (secondary N) is 1. The maximum absolute atomic E-state index is 8.65. The van der Waals surface area contributed by atoms with Crippen molar-refractivity contribution in [1.29, 1.82) is 0 Å². The topological polar surface area (TPSA) is 56.2 Å². The SMILES string of the molecule is CSc1c[nH]c(B(O)O)c1. The Morgan fingerprint density at radius 3 is 2.60 bits per heavy atom. The van der Waals surface area contributed by atoms with Crippen molar-refractivity contribution in [3.05, 3.63) is 12.3 Å². The molecule has 1 rings (SSSR count). The van der Waals surface area contributed by atoms with Gasteiger partial charge in [-0.25, -0.2) is 0 Å². The van der Waals surface area contributed by atoms with Crippen LogP contribution in [0.1, 0.15) is 0 Å². The second-order valence-corrected chi connectivity index (χ2v) is 2.75. The summed E-state index contributed by atoms with van der Waals surface area (Å²) < 4.78 is 0. The Bertz CT molecular complexity index is 213. The number of rotatable bonds is 2. The fourth-order valence-corrected chi connectivity index (χ4v) is 1.08. The van der Waals surface area contributed by atoms with Gasteiger partial charge in [0.25, 0.3) is 0 Å². The predicted octanol–water partition coefficient (Wildman–Crippen LogP) is -0.584. The molecule has 0 aromatic carbocycles. The van der Waals surface area contributed by atoms with E-state index in [1.54, 1.807) is 24.0 Å². The van der Waals surface area contributed by atoms with Gasteiger partial charge in [-0.1, -0.05) is 0 Å². The fraction of sp³-hybridized carbons (Fsp3) is 0.200. The Morgan fingerprint density at radius 1 is 1.60 bits per heavy atom. The van der Waals surface area contributed by atoms with Crippen LogP contribution in [0, 0.1) is 0 Å². The van der Waals surface area contributed by atoms with Crippen molar-refractivity contribution in [3.8, 4) is 0 Å². The molecule has 1 aromatic rings. The summed E-state index contributed by atoms with van der Waals surface area (Å²) in [5.74, 6) is 0. The van der Waals surface area contributed by atoms with E-state index in [1.165, 1.54) is 0 Å². The lowest BCUT2D eigenvalue weighted by Crippen LogP contribution is -2.30. The van der Waals surface area contributed by atoms with E-state index in [4.69, 9.17) is 10.0 Å². The number of H-pyrrole nitrogens is 1. The third-order valence-electron chi connectivity index (χ3n) is 1.19. The minimum absolute atomic E-state index is 0.435. The van der Waals surface area contributed by atoms with Gasteiger partial charge in [-0.3, -0.25) is 0 Å². The van der Waals surface area contributed by atoms with E-state index in [9.17, 15) is 0 Å². The van der Waals surface area contributed by atoms with Crippen molar-refractivity contribution < 1.29 is 10.0 Å². The Labute approximate surface area is 63.6 Å². The Balaban J connectivity index is 2.78. The molecular formula is C5H8BNO2S. The summed E-state index contributed by atoms with van der Waals surface area (Å²) in [4.78, 5) is 3.74. The van der Waals surface area contributed by atoms with Crippen LogP contribution >= 0.6 is 11.8 Å². The van der Waals surface area contributed by atoms with Gasteiger partial charge in [-0.2, -0.15) is 0 Å². The highest BCUT2D eigenvalue weighted by atomic mass is 32.2. The van der Waals surface area contributed by atoms with Crippen LogP contribution in [0.25, 0.3) is 0 Å². The highest BCUT2D eigenvalue weighted by Gasteiger charge is 2.12. The van der Waals surface area contributed by atoms with Gasteiger partial charge in [0.05, 0.1) is 0 Å². The molecule has 0 atom stereocenters. The van der Waals surface area contributed by atoms with Crippen LogP contribution in [0.3, 0.4) is 0 Å². The monoisotopic (exact) mass is 157 g/mol. The first-order valence-corrected chi connectivity index (χ1v) is 4.05. The second kappa shape index (κ2) is 3.14. The maximum Gasteiger partial charge on any atom is 0.505 e. The second-order valence-electron chi connectivity index (χ2n) is 1.87. The van der Waals surface area contributed by atoms with Crippen molar-refractivity contribution in [1.82, 2.24) is 4.98 Å². The van der Waals surface area contributed by atoms with Gasteiger partial charge in [-0.15, -0.1) is 11.8 Å². The van der Waals surface area contributed by atoms with Gasteiger partial charge in [-0.05, 0) is 12.3 Å². The summed E-state index contributed by atoms with van der Waals surface area (Å²) in [7, 11) is -1.39. The summed E-state index contributed by atoms with van der Waals surface area (Å²) >= 11 is 1.55. The Morgan fingerprint density at radius 2 is 2.30 bits per heavy atom. The molecule has 3 N–H and O–H groups in total. The van der Waals surface area contributed by atoms with Crippen LogP contribution in [0.5, 0.6) is 0 Å². The van der Waals surface area contributed by atoms with Crippen molar-refractivity contribution in [2.24, 2.45) is 0 Å². The first kappa shape index (κ1) is 7.72. The standard InChI is InChI=1S/C5H8BNO2S/c1-10-4-2-5(6(8)9)7-3-4/h2-3,7-9H,1H3. The lowest BCUT2D eigenvalue weighted by Gasteiger charge is -1.89. The lowest BCUT2D eigenvalue weighted by molar-refractivity contribution is 0.424. The molecule has 10 heavy (non-hydrogen) atoms. The normalized spacial score (nSPS) is 9.90. The highest BCUT2D eigenvalue weighted by molar-refractivity contribution is 7.98. The van der Waals surface area contributed by atoms with Crippen LogP contribution in [0.15, 0.2) is 17.2 Å². The van der Waals surface area contributed by atoms with E-state index < -0.39 is 7.12 Å². The van der Waals surface area contributed by atoms with Gasteiger partial charge in [0.1, 0.15) is 0 Å². The molecule has 0 aliphatic carbocycles. The minimum atomic E-state index is -1.39. The number of aromatic nitrogens is 1. The zero-order valence-corrected chi connectivity index (χ0v) is 6.35. The highest BCUT2D eigenvalue weighted by Crippen LogP contribution is 2.10. The molecule has 1 aromatic heterocycles. The molecule has 54 valence electrons. The molecule has 1 heterocycles. The molecule has 0 aliphatic rings. The first-order chi connectivity index (χ1) is 4.74. The van der Waals surface area contributed by atoms with Crippen molar-refractivity contribution in [3.63, 3.8) is 0 Å². The van der Waals surface area contributed by atoms with E-state index in [0.717, 1.165) is 4.90 Å². The van der Waals surface area contributed by atoms with E-state index >= 15 is 0 Å². The average molecular weight is 157 g/mol. The predicted molar refractivity (Wildman–Crippen MR) is 42.4 cm³/mol. The summed E-state index contributed by atoms with van der Waals surface area (Å²) in [5.41, 5.74) is 0.435. The summed E-state index contributed by atoms with van der Waals surface area (Å²) in [5, 5.41) is 17.3. The molecule has 0 aliphatic heterocycles. The smallest absolute Gasteiger partial charge is 0.422 e. The molecule has 0 amide bonds. The van der Waals surface area contributed by atoms with Gasteiger partial charge >= 0.3 is 7.12 Å². The summed E-state index contributed by atoms with van der Waals surface area (Å²) in [6.07, 6.45) is 3.66. The van der Waals surface area contributed by atoms with Crippen LogP contribution in [0.2, 0.25) is 0 Å². The molecule has 0 saturated carbocycles. The van der Waals surface area contributed by atoms with Crippen LogP contribution in [0.4, 0.5) is 0 Å². The van der Waals surface area contributed by atoms with Crippen LogP contribution < -0.4 is 5.59 Å². The van der Waals surface area contributed by atoms with E-state index in [-0.39, 0.29) is 0 Å². The Hall–Kier alpha value is -0.385. The molecule has 0 radical (unpaired) electrons. The van der Waals surface area contributed by atoms with E-state index in [1.807, 2.05) is 6.26 Å². The number of aromatic amines is 1. The molecular weight excluding hydrogens is 149 g/mol. The van der Waals surface area contributed by atoms with Crippen LogP contribution in [-0.4, -0.2) is 28.4 Å². The quantitative estimate of drug-likeness (QED) is 0.397. The number of thioether (sulfide) groups is 1. The zero-order valence-electron chi connectivity index (χ0n) is 5.53. The number of hydrogen-bond donors (Lipinski definition) is 3. The Kier molecular flexibility index (Phi) is 2.42. The number of hydrogen-bond acceptors (Lipinski definition) is 3. The summed E-state index contributed by atoms with van der Waals surface area (Å²) in [6, 6.07) is 1.70. The molecule has 3 nitrogen and oxygen atoms in total. The largest absolute Gasteiger partial charge is 0.505 e. The molecule has 0 unspecified atom stereocenters. The summed E-state index contributed by atoms with van der Waals surface area (Å²) in [6.45, 7) is 0. The maximum atomic E-state index is 8.65. The molecule has 5 heteroatoms. The van der Waals surface area contributed by atoms with Crippen molar-refractivity contribution in [2.45, 2.75) is 4.90 Å². The van der Waals surface area contributed by atoms with Gasteiger partial charge in [0, 0.05) is 16.7 Å². The molecule has 0 spiro atoms. The van der Waals surface area contributed by atoms with E-state index in [2.05, 4.69) is 4.98 Å². The van der Waals surface area contributed by atoms with Crippen molar-refractivity contribution >= 4 is 24.5 Å². The average Bonchev–Trinajstić information content (AvgIpc) is 2.34. The van der Waals surface area contributed by atoms with Gasteiger partial charge < -0.3 is 15.0 Å². The molecule has 0 fully saturated rings. The first-order valence-electron chi connectivity index (χ1n) is 2.82. The van der Waals surface area contributed by atoms with Gasteiger partial charge in [0.15, 0.2) is 0 Å². The lowest BCUT2D eigenvalue weighted by atomic mass is 9.87. The minimum Gasteiger partial charge on any atom is -0.422 e. The van der Waals surface area contributed by atoms with Crippen molar-refractivity contribution in [2.75, 3.05) is 6.26 Å². The van der Waals surface area contributed by atoms with E-state index in [0.29, 0.717) is 5.59 Å². The third kappa shape index (κ3) is 1.56. The fourth-order valence-electron chi connectivity index (χ4n) is 0.658.